The summed E-state index contributed by atoms with van der Waals surface area (Å²) in [7, 11) is 1.37. The molecule has 0 saturated carbocycles. The van der Waals surface area contributed by atoms with Crippen molar-refractivity contribution in [1.82, 2.24) is 10.2 Å². The van der Waals surface area contributed by atoms with Gasteiger partial charge in [0.2, 0.25) is 0 Å². The van der Waals surface area contributed by atoms with Crippen molar-refractivity contribution in [2.45, 2.75) is 26.4 Å². The van der Waals surface area contributed by atoms with Crippen LogP contribution in [0.1, 0.15) is 39.4 Å². The fraction of sp³-hybridized carbons (Fsp3) is 0.526. The van der Waals surface area contributed by atoms with E-state index in [1.165, 1.54) is 7.11 Å². The zero-order valence-corrected chi connectivity index (χ0v) is 15.5. The molecule has 1 aliphatic rings. The predicted octanol–water partition coefficient (Wildman–Crippen LogP) is 2.44. The molecule has 2 aromatic heterocycles. The van der Waals surface area contributed by atoms with E-state index in [4.69, 9.17) is 18.3 Å². The lowest BCUT2D eigenvalue weighted by atomic mass is 10.1. The molecule has 7 nitrogen and oxygen atoms in total. The number of carbonyl (C=O) groups excluding carboxylic acids is 1. The van der Waals surface area contributed by atoms with Gasteiger partial charge in [-0.3, -0.25) is 4.90 Å². The number of methoxy groups -OCH3 is 1. The van der Waals surface area contributed by atoms with Gasteiger partial charge >= 0.3 is 5.97 Å². The van der Waals surface area contributed by atoms with Gasteiger partial charge < -0.3 is 23.6 Å². The molecule has 0 spiro atoms. The lowest BCUT2D eigenvalue weighted by Crippen LogP contribution is -2.42. The number of furan rings is 2. The van der Waals surface area contributed by atoms with Crippen molar-refractivity contribution in [3.05, 3.63) is 46.8 Å². The molecule has 0 aromatic carbocycles. The van der Waals surface area contributed by atoms with Gasteiger partial charge in [0.1, 0.15) is 28.6 Å². The zero-order chi connectivity index (χ0) is 18.5. The third-order valence-corrected chi connectivity index (χ3v) is 4.59. The predicted molar refractivity (Wildman–Crippen MR) is 95.1 cm³/mol. The molecular weight excluding hydrogens is 336 g/mol. The van der Waals surface area contributed by atoms with Crippen LogP contribution in [0.2, 0.25) is 0 Å². The van der Waals surface area contributed by atoms with Crippen LogP contribution in [0, 0.1) is 13.8 Å². The molecule has 1 atom stereocenters. The highest BCUT2D eigenvalue weighted by atomic mass is 16.5. The van der Waals surface area contributed by atoms with Crippen LogP contribution in [0.4, 0.5) is 0 Å². The second-order valence-electron chi connectivity index (χ2n) is 6.42. The quantitative estimate of drug-likeness (QED) is 0.758. The first-order chi connectivity index (χ1) is 12.6. The van der Waals surface area contributed by atoms with E-state index in [0.29, 0.717) is 30.2 Å². The fourth-order valence-electron chi connectivity index (χ4n) is 3.21. The Morgan fingerprint density at radius 2 is 2.04 bits per heavy atom. The van der Waals surface area contributed by atoms with E-state index >= 15 is 0 Å². The molecule has 1 unspecified atom stereocenters. The van der Waals surface area contributed by atoms with Crippen molar-refractivity contribution >= 4 is 5.97 Å². The number of nitrogens with zero attached hydrogens (tertiary/aromatic N) is 1. The molecule has 0 amide bonds. The van der Waals surface area contributed by atoms with Crippen molar-refractivity contribution in [3.8, 4) is 0 Å². The maximum absolute atomic E-state index is 11.7. The number of carbonyl (C=O) groups is 1. The number of nitrogens with one attached hydrogen (secondary N) is 1. The van der Waals surface area contributed by atoms with Crippen LogP contribution in [-0.4, -0.2) is 50.8 Å². The molecule has 3 heterocycles. The number of ether oxygens (including phenoxy) is 2. The summed E-state index contributed by atoms with van der Waals surface area (Å²) in [6.45, 7) is 8.16. The van der Waals surface area contributed by atoms with E-state index in [1.54, 1.807) is 13.0 Å². The Morgan fingerprint density at radius 3 is 2.69 bits per heavy atom. The SMILES string of the molecule is COC(=O)c1cc(CNCC(c2ccc(C)o2)N2CCOCC2)oc1C. The lowest BCUT2D eigenvalue weighted by Gasteiger charge is -2.33. The number of esters is 1. The van der Waals surface area contributed by atoms with E-state index in [0.717, 1.165) is 37.8 Å². The normalized spacial score (nSPS) is 16.6. The van der Waals surface area contributed by atoms with Crippen LogP contribution >= 0.6 is 0 Å². The number of aryl methyl sites for hydroxylation is 2. The molecule has 3 rings (SSSR count). The first-order valence-electron chi connectivity index (χ1n) is 8.85. The maximum Gasteiger partial charge on any atom is 0.341 e. The van der Waals surface area contributed by atoms with Crippen LogP contribution in [-0.2, 0) is 16.0 Å². The first kappa shape index (κ1) is 18.7. The highest BCUT2D eigenvalue weighted by Gasteiger charge is 2.25. The summed E-state index contributed by atoms with van der Waals surface area (Å²) in [5.74, 6) is 2.75. The molecule has 0 bridgehead atoms. The average Bonchev–Trinajstić information content (AvgIpc) is 3.24. The number of morpholine rings is 1. The van der Waals surface area contributed by atoms with Gasteiger partial charge in [0.25, 0.3) is 0 Å². The number of hydrogen-bond acceptors (Lipinski definition) is 7. The van der Waals surface area contributed by atoms with Crippen LogP contribution in [0.25, 0.3) is 0 Å². The Balaban J connectivity index is 1.63. The van der Waals surface area contributed by atoms with E-state index in [-0.39, 0.29) is 12.0 Å². The second-order valence-corrected chi connectivity index (χ2v) is 6.42. The molecule has 7 heteroatoms. The van der Waals surface area contributed by atoms with Crippen molar-refractivity contribution in [2.24, 2.45) is 0 Å². The van der Waals surface area contributed by atoms with Crippen molar-refractivity contribution in [1.29, 1.82) is 0 Å². The topological polar surface area (TPSA) is 77.1 Å². The minimum absolute atomic E-state index is 0.128. The Morgan fingerprint density at radius 1 is 1.27 bits per heavy atom. The third kappa shape index (κ3) is 4.35. The minimum atomic E-state index is -0.380. The summed E-state index contributed by atoms with van der Waals surface area (Å²) in [5.41, 5.74) is 0.468. The molecule has 2 aromatic rings. The van der Waals surface area contributed by atoms with Crippen molar-refractivity contribution in [3.63, 3.8) is 0 Å². The molecule has 0 radical (unpaired) electrons. The van der Waals surface area contributed by atoms with Gasteiger partial charge in [0.15, 0.2) is 0 Å². The highest BCUT2D eigenvalue weighted by Crippen LogP contribution is 2.23. The molecule has 1 N–H and O–H groups in total. The van der Waals surface area contributed by atoms with Gasteiger partial charge in [0, 0.05) is 19.6 Å². The van der Waals surface area contributed by atoms with Crippen molar-refractivity contribution < 1.29 is 23.1 Å². The molecule has 26 heavy (non-hydrogen) atoms. The third-order valence-electron chi connectivity index (χ3n) is 4.59. The van der Waals surface area contributed by atoms with Crippen LogP contribution in [0.3, 0.4) is 0 Å². The summed E-state index contributed by atoms with van der Waals surface area (Å²) in [5, 5.41) is 3.42. The average molecular weight is 362 g/mol. The summed E-state index contributed by atoms with van der Waals surface area (Å²) in [4.78, 5) is 14.1. The minimum Gasteiger partial charge on any atom is -0.465 e. The van der Waals surface area contributed by atoms with Crippen LogP contribution < -0.4 is 5.32 Å². The Kier molecular flexibility index (Phi) is 6.13. The van der Waals surface area contributed by atoms with E-state index < -0.39 is 0 Å². The van der Waals surface area contributed by atoms with Crippen LogP contribution in [0.15, 0.2) is 27.0 Å². The summed E-state index contributed by atoms with van der Waals surface area (Å²) in [6, 6.07) is 5.88. The first-order valence-corrected chi connectivity index (χ1v) is 8.85. The lowest BCUT2D eigenvalue weighted by molar-refractivity contribution is 0.0114. The molecular formula is C19H26N2O5. The monoisotopic (exact) mass is 362 g/mol. The smallest absolute Gasteiger partial charge is 0.341 e. The standard InChI is InChI=1S/C19H26N2O5/c1-13-4-5-18(25-13)17(21-6-8-24-9-7-21)12-20-11-15-10-16(14(2)26-15)19(22)23-3/h4-5,10,17,20H,6-9,11-12H2,1-3H3. The van der Waals surface area contributed by atoms with Gasteiger partial charge in [-0.05, 0) is 32.0 Å². The van der Waals surface area contributed by atoms with Gasteiger partial charge in [-0.25, -0.2) is 4.79 Å². The maximum atomic E-state index is 11.7. The molecule has 142 valence electrons. The van der Waals surface area contributed by atoms with E-state index in [9.17, 15) is 4.79 Å². The van der Waals surface area contributed by atoms with Crippen molar-refractivity contribution in [2.75, 3.05) is 40.0 Å². The van der Waals surface area contributed by atoms with E-state index in [1.807, 2.05) is 19.1 Å². The summed E-state index contributed by atoms with van der Waals surface area (Å²) >= 11 is 0. The van der Waals surface area contributed by atoms with Gasteiger partial charge in [-0.2, -0.15) is 0 Å². The molecule has 1 fully saturated rings. The van der Waals surface area contributed by atoms with Gasteiger partial charge in [0.05, 0.1) is 32.9 Å². The van der Waals surface area contributed by atoms with Gasteiger partial charge in [-0.1, -0.05) is 0 Å². The van der Waals surface area contributed by atoms with E-state index in [2.05, 4.69) is 10.2 Å². The highest BCUT2D eigenvalue weighted by molar-refractivity contribution is 5.90. The molecule has 1 saturated heterocycles. The Bertz CT molecular complexity index is 730. The number of hydrogen-bond donors (Lipinski definition) is 1. The fourth-order valence-corrected chi connectivity index (χ4v) is 3.21. The van der Waals surface area contributed by atoms with Gasteiger partial charge in [-0.15, -0.1) is 0 Å². The zero-order valence-electron chi connectivity index (χ0n) is 15.5. The molecule has 1 aliphatic heterocycles. The Labute approximate surface area is 153 Å². The Hall–Kier alpha value is -2.09. The summed E-state index contributed by atoms with van der Waals surface area (Å²) in [6.07, 6.45) is 0. The largest absolute Gasteiger partial charge is 0.465 e. The second kappa shape index (κ2) is 8.53. The molecule has 0 aliphatic carbocycles. The summed E-state index contributed by atoms with van der Waals surface area (Å²) < 4.78 is 21.7. The van der Waals surface area contributed by atoms with Crippen LogP contribution in [0.5, 0.6) is 0 Å². The number of rotatable bonds is 7.